The van der Waals surface area contributed by atoms with E-state index >= 15 is 0 Å². The Labute approximate surface area is 151 Å². The maximum absolute atomic E-state index is 11.2. The summed E-state index contributed by atoms with van der Waals surface area (Å²) in [6, 6.07) is -0.801. The maximum atomic E-state index is 11.2. The Morgan fingerprint density at radius 1 is 0.875 bits per heavy atom. The summed E-state index contributed by atoms with van der Waals surface area (Å²) in [5.74, 6) is -0.113. The first-order valence-corrected chi connectivity index (χ1v) is 11.1. The van der Waals surface area contributed by atoms with Crippen molar-refractivity contribution in [2.45, 2.75) is 12.1 Å². The maximum Gasteiger partial charge on any atom is 0.257 e. The van der Waals surface area contributed by atoms with Crippen molar-refractivity contribution in [1.82, 2.24) is 10.6 Å². The lowest BCUT2D eigenvalue weighted by atomic mass is 10.3. The van der Waals surface area contributed by atoms with Crippen molar-refractivity contribution < 1.29 is 26.3 Å². The van der Waals surface area contributed by atoms with Crippen LogP contribution in [-0.2, 0) is 29.1 Å². The van der Waals surface area contributed by atoms with Crippen LogP contribution in [0.4, 0.5) is 0 Å². The molecule has 0 saturated heterocycles. The predicted molar refractivity (Wildman–Crippen MR) is 96.8 cm³/mol. The summed E-state index contributed by atoms with van der Waals surface area (Å²) in [4.78, 5) is 0. The van der Waals surface area contributed by atoms with Crippen LogP contribution in [0.2, 0.25) is 0 Å². The minimum Gasteiger partial charge on any atom is -0.467 e. The smallest absolute Gasteiger partial charge is 0.257 e. The van der Waals surface area contributed by atoms with Gasteiger partial charge in [0.25, 0.3) is 10.3 Å². The van der Waals surface area contributed by atoms with Crippen molar-refractivity contribution in [1.29, 1.82) is 0 Å². The molecule has 0 bridgehead atoms. The van der Waals surface area contributed by atoms with E-state index in [1.54, 1.807) is 0 Å². The van der Waals surface area contributed by atoms with E-state index in [-0.39, 0.29) is 35.1 Å². The summed E-state index contributed by atoms with van der Waals surface area (Å²) in [6.45, 7) is 0.214. The molecule has 2 unspecified atom stereocenters. The highest BCUT2D eigenvalue weighted by Gasteiger charge is 2.23. The Hall–Kier alpha value is -1.24. The minimum atomic E-state index is -3.15. The standard InChI is InChI=1S/C12H16N2O6S4/c15-23(16)5-1-9(7-23)13-11(21)19-3-4-20-12(22)14-10-2-6-24(17,18)8-10/h1-2,5-6,9-10H,3-4,7-8H2,(H,13,21)(H,14,22). The first-order chi connectivity index (χ1) is 11.2. The van der Waals surface area contributed by atoms with Gasteiger partial charge < -0.3 is 20.1 Å². The van der Waals surface area contributed by atoms with Gasteiger partial charge in [-0.1, -0.05) is 0 Å². The number of thiocarbonyl (C=S) groups is 2. The van der Waals surface area contributed by atoms with Crippen molar-refractivity contribution >= 4 is 54.5 Å². The molecular formula is C12H16N2O6S4. The molecule has 0 fully saturated rings. The third-order valence-electron chi connectivity index (χ3n) is 3.02. The molecule has 2 heterocycles. The third kappa shape index (κ3) is 6.34. The largest absolute Gasteiger partial charge is 0.467 e. The van der Waals surface area contributed by atoms with Crippen molar-refractivity contribution in [3.8, 4) is 0 Å². The van der Waals surface area contributed by atoms with Crippen LogP contribution in [-0.4, -0.2) is 64.0 Å². The number of hydrogen-bond acceptors (Lipinski definition) is 8. The van der Waals surface area contributed by atoms with Gasteiger partial charge in [-0.3, -0.25) is 0 Å². The molecule has 8 nitrogen and oxygen atoms in total. The SMILES string of the molecule is O=S1(=O)C=CC(NC(=S)OCCOC(=S)NC2C=CS(=O)(=O)C2)C1. The lowest BCUT2D eigenvalue weighted by Crippen LogP contribution is -2.37. The molecule has 2 aliphatic heterocycles. The third-order valence-corrected chi connectivity index (χ3v) is 6.28. The Bertz CT molecular complexity index is 705. The van der Waals surface area contributed by atoms with Crippen LogP contribution in [0, 0.1) is 0 Å². The van der Waals surface area contributed by atoms with Crippen LogP contribution in [0.3, 0.4) is 0 Å². The molecule has 12 heteroatoms. The number of sulfone groups is 2. The molecule has 0 aromatic rings. The zero-order valence-corrected chi connectivity index (χ0v) is 15.6. The molecule has 0 amide bonds. The summed E-state index contributed by atoms with van der Waals surface area (Å²) >= 11 is 9.89. The molecule has 0 radical (unpaired) electrons. The van der Waals surface area contributed by atoms with Gasteiger partial charge in [-0.25, -0.2) is 16.8 Å². The van der Waals surface area contributed by atoms with E-state index in [0.29, 0.717) is 0 Å². The summed E-state index contributed by atoms with van der Waals surface area (Å²) in [6.07, 6.45) is 3.01. The number of rotatable bonds is 5. The van der Waals surface area contributed by atoms with Gasteiger partial charge in [0, 0.05) is 10.8 Å². The second-order valence-electron chi connectivity index (χ2n) is 5.09. The highest BCUT2D eigenvalue weighted by molar-refractivity contribution is 7.94. The van der Waals surface area contributed by atoms with Crippen molar-refractivity contribution in [3.05, 3.63) is 23.0 Å². The van der Waals surface area contributed by atoms with E-state index in [1.807, 2.05) is 0 Å². The van der Waals surface area contributed by atoms with Gasteiger partial charge >= 0.3 is 0 Å². The molecule has 2 rings (SSSR count). The van der Waals surface area contributed by atoms with Gasteiger partial charge in [0.2, 0.25) is 0 Å². The molecule has 0 spiro atoms. The molecule has 134 valence electrons. The molecule has 0 saturated carbocycles. The molecule has 0 aliphatic carbocycles. The number of nitrogens with one attached hydrogen (secondary N) is 2. The fourth-order valence-corrected chi connectivity index (χ4v) is 4.93. The van der Waals surface area contributed by atoms with Crippen LogP contribution in [0.1, 0.15) is 0 Å². The van der Waals surface area contributed by atoms with E-state index < -0.39 is 31.8 Å². The van der Waals surface area contributed by atoms with Crippen molar-refractivity contribution in [3.63, 3.8) is 0 Å². The van der Waals surface area contributed by atoms with Crippen molar-refractivity contribution in [2.24, 2.45) is 0 Å². The minimum absolute atomic E-state index is 0.0567. The number of hydrogen-bond donors (Lipinski definition) is 2. The highest BCUT2D eigenvalue weighted by Crippen LogP contribution is 2.08. The monoisotopic (exact) mass is 412 g/mol. The molecular weight excluding hydrogens is 396 g/mol. The van der Waals surface area contributed by atoms with E-state index in [9.17, 15) is 16.8 Å². The lowest BCUT2D eigenvalue weighted by molar-refractivity contribution is 0.196. The molecule has 24 heavy (non-hydrogen) atoms. The first kappa shape index (κ1) is 19.1. The zero-order chi connectivity index (χ0) is 17.8. The summed E-state index contributed by atoms with van der Waals surface area (Å²) in [5, 5.41) is 7.91. The van der Waals surface area contributed by atoms with E-state index in [4.69, 9.17) is 33.9 Å². The molecule has 2 aliphatic rings. The summed E-state index contributed by atoms with van der Waals surface area (Å²) in [7, 11) is -6.31. The Balaban J connectivity index is 1.58. The van der Waals surface area contributed by atoms with E-state index in [0.717, 1.165) is 10.8 Å². The van der Waals surface area contributed by atoms with Crippen LogP contribution in [0.5, 0.6) is 0 Å². The Kier molecular flexibility index (Phi) is 6.17. The number of ether oxygens (including phenoxy) is 2. The quantitative estimate of drug-likeness (QED) is 0.448. The van der Waals surface area contributed by atoms with Gasteiger partial charge in [-0.05, 0) is 36.6 Å². The fourth-order valence-electron chi connectivity index (χ4n) is 1.99. The second-order valence-corrected chi connectivity index (χ2v) is 9.69. The van der Waals surface area contributed by atoms with Crippen LogP contribution < -0.4 is 10.6 Å². The van der Waals surface area contributed by atoms with Gasteiger partial charge in [-0.2, -0.15) is 0 Å². The normalized spacial score (nSPS) is 26.0. The average Bonchev–Trinajstić information content (AvgIpc) is 2.96. The zero-order valence-electron chi connectivity index (χ0n) is 12.4. The lowest BCUT2D eigenvalue weighted by Gasteiger charge is -2.15. The molecule has 2 N–H and O–H groups in total. The van der Waals surface area contributed by atoms with Gasteiger partial charge in [0.1, 0.15) is 13.2 Å². The first-order valence-electron chi connectivity index (χ1n) is 6.84. The van der Waals surface area contributed by atoms with Crippen molar-refractivity contribution in [2.75, 3.05) is 24.7 Å². The molecule has 0 aromatic carbocycles. The van der Waals surface area contributed by atoms with Gasteiger partial charge in [0.15, 0.2) is 19.7 Å². The van der Waals surface area contributed by atoms with Crippen LogP contribution in [0.25, 0.3) is 0 Å². The van der Waals surface area contributed by atoms with Gasteiger partial charge in [-0.15, -0.1) is 0 Å². The molecule has 0 aromatic heterocycles. The summed E-state index contributed by atoms with van der Waals surface area (Å²) < 4.78 is 55.4. The van der Waals surface area contributed by atoms with Crippen LogP contribution in [0.15, 0.2) is 23.0 Å². The van der Waals surface area contributed by atoms with Gasteiger partial charge in [0.05, 0.1) is 23.6 Å². The fraction of sp³-hybridized carbons (Fsp3) is 0.500. The van der Waals surface area contributed by atoms with E-state index in [2.05, 4.69) is 10.6 Å². The van der Waals surface area contributed by atoms with Crippen LogP contribution >= 0.6 is 24.4 Å². The second kappa shape index (κ2) is 7.76. The molecule has 2 atom stereocenters. The predicted octanol–water partition coefficient (Wildman–Crippen LogP) is -0.610. The topological polar surface area (TPSA) is 111 Å². The van der Waals surface area contributed by atoms with E-state index in [1.165, 1.54) is 12.2 Å². The highest BCUT2D eigenvalue weighted by atomic mass is 32.2. The summed E-state index contributed by atoms with van der Waals surface area (Å²) in [5.41, 5.74) is 0. The Morgan fingerprint density at radius 3 is 1.54 bits per heavy atom. The average molecular weight is 413 g/mol. The Morgan fingerprint density at radius 2 is 1.25 bits per heavy atom.